The third kappa shape index (κ3) is 9.49. The predicted molar refractivity (Wildman–Crippen MR) is 183 cm³/mol. The smallest absolute Gasteiger partial charge is 0.323 e. The number of esters is 2. The van der Waals surface area contributed by atoms with Crippen LogP contribution in [0.15, 0.2) is 64.2 Å². The second kappa shape index (κ2) is 16.8. The summed E-state index contributed by atoms with van der Waals surface area (Å²) in [5, 5.41) is 21.0. The molecule has 0 spiro atoms. The highest BCUT2D eigenvalue weighted by Crippen LogP contribution is 2.37. The van der Waals surface area contributed by atoms with E-state index in [1.807, 2.05) is 0 Å². The molecule has 0 saturated heterocycles. The molecule has 2 heterocycles. The fourth-order valence-electron chi connectivity index (χ4n) is 4.27. The average Bonchev–Trinajstić information content (AvgIpc) is 3.57. The van der Waals surface area contributed by atoms with Gasteiger partial charge in [-0.25, -0.2) is 9.97 Å². The van der Waals surface area contributed by atoms with Gasteiger partial charge >= 0.3 is 11.9 Å². The fourth-order valence-corrected chi connectivity index (χ4v) is 5.27. The van der Waals surface area contributed by atoms with E-state index in [-0.39, 0.29) is 36.1 Å². The molecule has 6 N–H and O–H groups in total. The second-order valence-electron chi connectivity index (χ2n) is 11.2. The summed E-state index contributed by atoms with van der Waals surface area (Å²) < 4.78 is 22.1. The minimum absolute atomic E-state index is 0.0353. The van der Waals surface area contributed by atoms with Crippen LogP contribution in [0.5, 0.6) is 5.75 Å². The van der Waals surface area contributed by atoms with E-state index in [4.69, 9.17) is 47.4 Å². The molecule has 4 rings (SSSR count). The van der Waals surface area contributed by atoms with Gasteiger partial charge in [0.2, 0.25) is 5.89 Å². The normalized spacial score (nSPS) is 12.8. The molecule has 0 radical (unpaired) electrons. The first kappa shape index (κ1) is 36.7. The lowest BCUT2D eigenvalue weighted by atomic mass is 9.97. The number of anilines is 1. The van der Waals surface area contributed by atoms with Gasteiger partial charge < -0.3 is 35.8 Å². The molecular formula is C34H34ClN7O6S. The van der Waals surface area contributed by atoms with Crippen molar-refractivity contribution in [2.45, 2.75) is 49.7 Å². The first-order valence-electron chi connectivity index (χ1n) is 15.0. The first-order chi connectivity index (χ1) is 23.4. The lowest BCUT2D eigenvalue weighted by Gasteiger charge is -2.21. The zero-order valence-electron chi connectivity index (χ0n) is 26.9. The fraction of sp³-hybridized carbons (Fsp3) is 0.294. The molecule has 0 fully saturated rings. The summed E-state index contributed by atoms with van der Waals surface area (Å²) in [5.41, 5.74) is 20.1. The Kier molecular flexibility index (Phi) is 12.6. The minimum atomic E-state index is -0.969. The van der Waals surface area contributed by atoms with Gasteiger partial charge in [0, 0.05) is 21.9 Å². The maximum absolute atomic E-state index is 12.3. The molecule has 0 bridgehead atoms. The summed E-state index contributed by atoms with van der Waals surface area (Å²) >= 11 is 7.20. The summed E-state index contributed by atoms with van der Waals surface area (Å²) in [6, 6.07) is 16.1. The molecule has 4 aromatic rings. The van der Waals surface area contributed by atoms with Crippen LogP contribution in [0.4, 0.5) is 5.82 Å². The maximum Gasteiger partial charge on any atom is 0.323 e. The van der Waals surface area contributed by atoms with Crippen LogP contribution in [-0.2, 0) is 24.8 Å². The number of carbonyl (C=O) groups excluding carboxylic acids is 2. The molecule has 15 heteroatoms. The molecule has 254 valence electrons. The Bertz CT molecular complexity index is 1870. The van der Waals surface area contributed by atoms with Crippen molar-refractivity contribution in [3.05, 3.63) is 76.6 Å². The van der Waals surface area contributed by atoms with Crippen molar-refractivity contribution in [3.63, 3.8) is 0 Å². The Morgan fingerprint density at radius 3 is 2.20 bits per heavy atom. The SMILES string of the molecule is CC(N)C(=O)OC(COC(=O)C(N)C(C)C)COc1ccc(-c2c(C#N)c(N)nc(SCc3coc(-c4ccc(Cl)cc4)n3)c2C#N)cc1. The highest BCUT2D eigenvalue weighted by Gasteiger charge is 2.25. The topological polar surface area (TPSA) is 226 Å². The Labute approximate surface area is 292 Å². The number of hydrogen-bond donors (Lipinski definition) is 3. The van der Waals surface area contributed by atoms with Crippen LogP contribution in [-0.4, -0.2) is 53.3 Å². The number of nitriles is 2. The highest BCUT2D eigenvalue weighted by molar-refractivity contribution is 7.98. The number of hydrogen-bond acceptors (Lipinski definition) is 14. The molecular weight excluding hydrogens is 670 g/mol. The molecule has 3 atom stereocenters. The van der Waals surface area contributed by atoms with Gasteiger partial charge in [0.1, 0.15) is 65.9 Å². The lowest BCUT2D eigenvalue weighted by Crippen LogP contribution is -2.41. The van der Waals surface area contributed by atoms with Crippen LogP contribution in [0.25, 0.3) is 22.6 Å². The van der Waals surface area contributed by atoms with E-state index in [9.17, 15) is 20.1 Å². The number of oxazole rings is 1. The van der Waals surface area contributed by atoms with Crippen molar-refractivity contribution in [2.24, 2.45) is 17.4 Å². The van der Waals surface area contributed by atoms with Gasteiger partial charge in [0.25, 0.3) is 0 Å². The van der Waals surface area contributed by atoms with E-state index < -0.39 is 30.1 Å². The van der Waals surface area contributed by atoms with Gasteiger partial charge in [0.15, 0.2) is 6.10 Å². The summed E-state index contributed by atoms with van der Waals surface area (Å²) in [5.74, 6) is -0.430. The van der Waals surface area contributed by atoms with Crippen LogP contribution in [0, 0.1) is 28.6 Å². The number of pyridine rings is 1. The maximum atomic E-state index is 12.3. The number of nitrogens with two attached hydrogens (primary N) is 3. The monoisotopic (exact) mass is 703 g/mol. The van der Waals surface area contributed by atoms with E-state index in [0.29, 0.717) is 44.3 Å². The number of aromatic nitrogens is 2. The van der Waals surface area contributed by atoms with Crippen LogP contribution < -0.4 is 21.9 Å². The molecule has 0 aliphatic heterocycles. The van der Waals surface area contributed by atoms with E-state index in [0.717, 1.165) is 5.56 Å². The molecule has 2 aromatic carbocycles. The molecule has 49 heavy (non-hydrogen) atoms. The molecule has 13 nitrogen and oxygen atoms in total. The van der Waals surface area contributed by atoms with Crippen LogP contribution in [0.1, 0.15) is 37.6 Å². The lowest BCUT2D eigenvalue weighted by molar-refractivity contribution is -0.162. The first-order valence-corrected chi connectivity index (χ1v) is 16.4. The number of nitrogen functional groups attached to an aromatic ring is 1. The van der Waals surface area contributed by atoms with Crippen molar-refractivity contribution in [1.82, 2.24) is 9.97 Å². The van der Waals surface area contributed by atoms with Gasteiger partial charge in [-0.1, -0.05) is 49.3 Å². The number of rotatable bonds is 14. The quantitative estimate of drug-likeness (QED) is 0.118. The van der Waals surface area contributed by atoms with Crippen LogP contribution >= 0.6 is 23.4 Å². The number of halogens is 1. The number of benzene rings is 2. The molecule has 0 amide bonds. The molecule has 0 aliphatic rings. The summed E-state index contributed by atoms with van der Waals surface area (Å²) in [6.07, 6.45) is 0.547. The Hall–Kier alpha value is -5.12. The third-order valence-corrected chi connectivity index (χ3v) is 8.31. The van der Waals surface area contributed by atoms with Crippen molar-refractivity contribution in [1.29, 1.82) is 10.5 Å². The Morgan fingerprint density at radius 2 is 1.59 bits per heavy atom. The molecule has 2 aromatic heterocycles. The highest BCUT2D eigenvalue weighted by atomic mass is 35.5. The van der Waals surface area contributed by atoms with Crippen molar-refractivity contribution in [3.8, 4) is 40.5 Å². The number of nitrogens with zero attached hydrogens (tertiary/aromatic N) is 4. The molecule has 0 saturated carbocycles. The van der Waals surface area contributed by atoms with Crippen LogP contribution in [0.2, 0.25) is 5.02 Å². The van der Waals surface area contributed by atoms with Crippen molar-refractivity contribution in [2.75, 3.05) is 18.9 Å². The van der Waals surface area contributed by atoms with Crippen molar-refractivity contribution < 1.29 is 28.2 Å². The van der Waals surface area contributed by atoms with E-state index >= 15 is 0 Å². The van der Waals surface area contributed by atoms with Gasteiger partial charge in [-0.2, -0.15) is 10.5 Å². The van der Waals surface area contributed by atoms with E-state index in [2.05, 4.69) is 22.1 Å². The van der Waals surface area contributed by atoms with E-state index in [1.165, 1.54) is 24.9 Å². The van der Waals surface area contributed by atoms with Gasteiger partial charge in [-0.3, -0.25) is 9.59 Å². The summed E-state index contributed by atoms with van der Waals surface area (Å²) in [4.78, 5) is 33.3. The minimum Gasteiger partial charge on any atom is -0.490 e. The largest absolute Gasteiger partial charge is 0.490 e. The molecule has 3 unspecified atom stereocenters. The number of thioether (sulfide) groups is 1. The van der Waals surface area contributed by atoms with Gasteiger partial charge in [-0.15, -0.1) is 0 Å². The summed E-state index contributed by atoms with van der Waals surface area (Å²) in [6.45, 7) is 4.57. The average molecular weight is 704 g/mol. The zero-order valence-corrected chi connectivity index (χ0v) is 28.5. The third-order valence-electron chi connectivity index (χ3n) is 7.05. The van der Waals surface area contributed by atoms with Gasteiger partial charge in [-0.05, 0) is 54.8 Å². The van der Waals surface area contributed by atoms with Crippen LogP contribution in [0.3, 0.4) is 0 Å². The standard InChI is InChI=1S/C34H34ClN7O6S/c1-18(2)29(39)34(44)47-16-25(48-33(43)19(3)38)15-45-24-10-6-20(7-11-24)28-26(12-36)30(40)42-32(27(28)13-37)49-17-23-14-46-31(41-23)21-4-8-22(35)9-5-21/h4-11,14,18-19,25,29H,15-17,38-39H2,1-3H3,(H2,40,42). The number of carbonyl (C=O) groups is 2. The van der Waals surface area contributed by atoms with Gasteiger partial charge in [0.05, 0.1) is 11.3 Å². The second-order valence-corrected chi connectivity index (χ2v) is 12.6. The zero-order chi connectivity index (χ0) is 35.7. The Balaban J connectivity index is 1.51. The summed E-state index contributed by atoms with van der Waals surface area (Å²) in [7, 11) is 0. The Morgan fingerprint density at radius 1 is 0.939 bits per heavy atom. The molecule has 0 aliphatic carbocycles. The number of ether oxygens (including phenoxy) is 3. The van der Waals surface area contributed by atoms with Crippen molar-refractivity contribution >= 4 is 41.1 Å². The predicted octanol–water partition coefficient (Wildman–Crippen LogP) is 4.84. The van der Waals surface area contributed by atoms with E-state index in [1.54, 1.807) is 62.4 Å².